The van der Waals surface area contributed by atoms with Gasteiger partial charge in [0, 0.05) is 22.0 Å². The average Bonchev–Trinajstić information content (AvgIpc) is 3.15. The predicted octanol–water partition coefficient (Wildman–Crippen LogP) is 4.58. The number of nitrogens with zero attached hydrogens (tertiary/aromatic N) is 4. The van der Waals surface area contributed by atoms with Crippen molar-refractivity contribution >= 4 is 27.5 Å². The van der Waals surface area contributed by atoms with Gasteiger partial charge in [0.1, 0.15) is 12.4 Å². The normalized spacial score (nSPS) is 14.4. The Kier molecular flexibility index (Phi) is 3.73. The molecule has 5 nitrogen and oxygen atoms in total. The quantitative estimate of drug-likeness (QED) is 0.651. The molecule has 0 aliphatic heterocycles. The van der Waals surface area contributed by atoms with Gasteiger partial charge in [-0.2, -0.15) is 5.10 Å². The molecule has 1 aliphatic carbocycles. The van der Waals surface area contributed by atoms with E-state index in [4.69, 9.17) is 16.1 Å². The first-order valence-electron chi connectivity index (χ1n) is 7.42. The fourth-order valence-electron chi connectivity index (χ4n) is 2.48. The number of aromatic nitrogens is 4. The second kappa shape index (κ2) is 5.76. The zero-order chi connectivity index (χ0) is 16.0. The fraction of sp³-hybridized carbons (Fsp3) is 0.312. The highest BCUT2D eigenvalue weighted by atomic mass is 79.9. The van der Waals surface area contributed by atoms with Crippen LogP contribution in [0.4, 0.5) is 0 Å². The lowest BCUT2D eigenvalue weighted by atomic mass is 10.2. The minimum Gasteiger partial charge on any atom is -0.359 e. The Morgan fingerprint density at radius 1 is 1.35 bits per heavy atom. The molecular formula is C16H14BrClN4O. The minimum atomic E-state index is 0.521. The Morgan fingerprint density at radius 3 is 2.91 bits per heavy atom. The molecular weight excluding hydrogens is 380 g/mol. The van der Waals surface area contributed by atoms with Crippen molar-refractivity contribution in [2.75, 3.05) is 0 Å². The minimum absolute atomic E-state index is 0.521. The lowest BCUT2D eigenvalue weighted by Gasteiger charge is -2.00. The SMILES string of the molecule is Cc1nc(-c2ccc(Br)cc2Cl)nn1Cc1cc(C2CC2)no1. The van der Waals surface area contributed by atoms with Crippen LogP contribution in [0.2, 0.25) is 5.02 Å². The summed E-state index contributed by atoms with van der Waals surface area (Å²) in [5.41, 5.74) is 1.86. The Bertz CT molecular complexity index is 869. The third-order valence-corrected chi connectivity index (χ3v) is 4.71. The lowest BCUT2D eigenvalue weighted by molar-refractivity contribution is 0.365. The molecule has 23 heavy (non-hydrogen) atoms. The van der Waals surface area contributed by atoms with Gasteiger partial charge in [-0.25, -0.2) is 9.67 Å². The van der Waals surface area contributed by atoms with Crippen molar-refractivity contribution in [2.45, 2.75) is 32.2 Å². The topological polar surface area (TPSA) is 56.7 Å². The lowest BCUT2D eigenvalue weighted by Crippen LogP contribution is -2.03. The largest absolute Gasteiger partial charge is 0.359 e. The molecule has 0 N–H and O–H groups in total. The molecule has 7 heteroatoms. The number of rotatable bonds is 4. The summed E-state index contributed by atoms with van der Waals surface area (Å²) in [4.78, 5) is 4.51. The molecule has 0 radical (unpaired) electrons. The Morgan fingerprint density at radius 2 is 2.17 bits per heavy atom. The molecule has 0 amide bonds. The molecule has 0 saturated heterocycles. The van der Waals surface area contributed by atoms with Crippen LogP contribution in [0, 0.1) is 6.92 Å². The summed E-state index contributed by atoms with van der Waals surface area (Å²) in [6, 6.07) is 7.69. The molecule has 2 heterocycles. The first-order valence-corrected chi connectivity index (χ1v) is 8.59. The van der Waals surface area contributed by atoms with Crippen LogP contribution in [0.3, 0.4) is 0 Å². The molecule has 1 aliphatic rings. The van der Waals surface area contributed by atoms with Crippen LogP contribution in [-0.4, -0.2) is 19.9 Å². The number of hydrogen-bond acceptors (Lipinski definition) is 4. The van der Waals surface area contributed by atoms with Gasteiger partial charge in [0.2, 0.25) is 0 Å². The van der Waals surface area contributed by atoms with E-state index in [0.29, 0.717) is 23.3 Å². The van der Waals surface area contributed by atoms with Gasteiger partial charge < -0.3 is 4.52 Å². The summed E-state index contributed by atoms with van der Waals surface area (Å²) >= 11 is 9.69. The average molecular weight is 394 g/mol. The molecule has 1 fully saturated rings. The van der Waals surface area contributed by atoms with E-state index in [0.717, 1.165) is 27.3 Å². The van der Waals surface area contributed by atoms with E-state index >= 15 is 0 Å². The van der Waals surface area contributed by atoms with E-state index in [1.54, 1.807) is 0 Å². The zero-order valence-corrected chi connectivity index (χ0v) is 14.8. The maximum absolute atomic E-state index is 6.28. The zero-order valence-electron chi connectivity index (χ0n) is 12.5. The smallest absolute Gasteiger partial charge is 0.182 e. The van der Waals surface area contributed by atoms with Crippen molar-refractivity contribution in [3.05, 3.63) is 51.0 Å². The maximum Gasteiger partial charge on any atom is 0.182 e. The van der Waals surface area contributed by atoms with Crippen molar-refractivity contribution in [1.82, 2.24) is 19.9 Å². The molecule has 0 unspecified atom stereocenters. The molecule has 3 aromatic rings. The van der Waals surface area contributed by atoms with Gasteiger partial charge in [-0.15, -0.1) is 0 Å². The molecule has 118 valence electrons. The van der Waals surface area contributed by atoms with Crippen LogP contribution >= 0.6 is 27.5 Å². The second-order valence-corrected chi connectivity index (χ2v) is 7.08. The van der Waals surface area contributed by atoms with Gasteiger partial charge in [0.05, 0.1) is 10.7 Å². The van der Waals surface area contributed by atoms with Crippen LogP contribution in [-0.2, 0) is 6.54 Å². The van der Waals surface area contributed by atoms with Crippen LogP contribution < -0.4 is 0 Å². The van der Waals surface area contributed by atoms with Crippen molar-refractivity contribution in [3.63, 3.8) is 0 Å². The van der Waals surface area contributed by atoms with E-state index in [1.807, 2.05) is 35.9 Å². The number of halogens is 2. The standard InChI is InChI=1S/C16H14BrClN4O/c1-9-19-16(13-5-4-11(17)6-14(13)18)20-22(9)8-12-7-15(21-23-12)10-2-3-10/h4-7,10H,2-3,8H2,1H3. The van der Waals surface area contributed by atoms with Gasteiger partial charge in [0.15, 0.2) is 11.6 Å². The van der Waals surface area contributed by atoms with E-state index in [-0.39, 0.29) is 0 Å². The van der Waals surface area contributed by atoms with Crippen molar-refractivity contribution < 1.29 is 4.52 Å². The molecule has 4 rings (SSSR count). The highest BCUT2D eigenvalue weighted by Gasteiger charge is 2.27. The van der Waals surface area contributed by atoms with E-state index < -0.39 is 0 Å². The van der Waals surface area contributed by atoms with Gasteiger partial charge in [-0.05, 0) is 38.0 Å². The molecule has 1 aromatic carbocycles. The third kappa shape index (κ3) is 3.05. The number of benzene rings is 1. The van der Waals surface area contributed by atoms with Crippen molar-refractivity contribution in [3.8, 4) is 11.4 Å². The van der Waals surface area contributed by atoms with Crippen LogP contribution in [0.5, 0.6) is 0 Å². The van der Waals surface area contributed by atoms with Gasteiger partial charge in [-0.1, -0.05) is 32.7 Å². The first-order chi connectivity index (χ1) is 11.1. The maximum atomic E-state index is 6.28. The van der Waals surface area contributed by atoms with Gasteiger partial charge >= 0.3 is 0 Å². The van der Waals surface area contributed by atoms with Gasteiger partial charge in [0.25, 0.3) is 0 Å². The van der Waals surface area contributed by atoms with Crippen LogP contribution in [0.25, 0.3) is 11.4 Å². The molecule has 0 bridgehead atoms. The first kappa shape index (κ1) is 14.9. The Hall–Kier alpha value is -1.66. The summed E-state index contributed by atoms with van der Waals surface area (Å²) in [6.07, 6.45) is 2.42. The summed E-state index contributed by atoms with van der Waals surface area (Å²) in [7, 11) is 0. The fourth-order valence-corrected chi connectivity index (χ4v) is 3.24. The second-order valence-electron chi connectivity index (χ2n) is 5.76. The summed E-state index contributed by atoms with van der Waals surface area (Å²) in [5.74, 6) is 2.81. The highest BCUT2D eigenvalue weighted by molar-refractivity contribution is 9.10. The Balaban J connectivity index is 1.61. The molecule has 1 saturated carbocycles. The van der Waals surface area contributed by atoms with Crippen molar-refractivity contribution in [1.29, 1.82) is 0 Å². The van der Waals surface area contributed by atoms with E-state index in [1.165, 1.54) is 12.8 Å². The van der Waals surface area contributed by atoms with Crippen LogP contribution in [0.1, 0.15) is 36.0 Å². The third-order valence-electron chi connectivity index (χ3n) is 3.91. The molecule has 0 atom stereocenters. The predicted molar refractivity (Wildman–Crippen MR) is 90.5 cm³/mol. The number of aryl methyl sites for hydroxylation is 1. The number of hydrogen-bond donors (Lipinski definition) is 0. The van der Waals surface area contributed by atoms with Crippen LogP contribution in [0.15, 0.2) is 33.3 Å². The summed E-state index contributed by atoms with van der Waals surface area (Å²) < 4.78 is 8.15. The monoisotopic (exact) mass is 392 g/mol. The Labute approximate surface area is 146 Å². The van der Waals surface area contributed by atoms with Crippen molar-refractivity contribution in [2.24, 2.45) is 0 Å². The molecule has 0 spiro atoms. The van der Waals surface area contributed by atoms with Gasteiger partial charge in [-0.3, -0.25) is 0 Å². The molecule has 2 aromatic heterocycles. The van der Waals surface area contributed by atoms with E-state index in [2.05, 4.69) is 31.2 Å². The van der Waals surface area contributed by atoms with E-state index in [9.17, 15) is 0 Å². The summed E-state index contributed by atoms with van der Waals surface area (Å²) in [5, 5.41) is 9.30. The summed E-state index contributed by atoms with van der Waals surface area (Å²) in [6.45, 7) is 2.44. The highest BCUT2D eigenvalue weighted by Crippen LogP contribution is 2.39.